The second-order valence-corrected chi connectivity index (χ2v) is 5.36. The zero-order chi connectivity index (χ0) is 17.6. The lowest BCUT2D eigenvalue weighted by molar-refractivity contribution is -0.144. The number of carbonyl (C=O) groups is 2. The van der Waals surface area contributed by atoms with Crippen molar-refractivity contribution in [3.63, 3.8) is 0 Å². The smallest absolute Gasteiger partial charge is 0.331 e. The van der Waals surface area contributed by atoms with Crippen molar-refractivity contribution >= 4 is 18.0 Å². The number of hydrogen-bond donors (Lipinski definition) is 1. The highest BCUT2D eigenvalue weighted by molar-refractivity contribution is 5.89. The van der Waals surface area contributed by atoms with E-state index in [1.54, 1.807) is 18.2 Å². The van der Waals surface area contributed by atoms with Crippen molar-refractivity contribution in [1.29, 1.82) is 0 Å². The van der Waals surface area contributed by atoms with Gasteiger partial charge in [-0.25, -0.2) is 4.79 Å². The fraction of sp³-hybridized carbons (Fsp3) is 0.222. The molecule has 3 rings (SSSR count). The maximum Gasteiger partial charge on any atom is 0.331 e. The van der Waals surface area contributed by atoms with Crippen LogP contribution < -0.4 is 14.8 Å². The topological polar surface area (TPSA) is 87.0 Å². The summed E-state index contributed by atoms with van der Waals surface area (Å²) in [6.45, 7) is 1.66. The van der Waals surface area contributed by atoms with Crippen molar-refractivity contribution in [3.05, 3.63) is 54.0 Å². The van der Waals surface area contributed by atoms with Gasteiger partial charge in [0, 0.05) is 6.08 Å². The lowest BCUT2D eigenvalue weighted by atomic mass is 10.1. The van der Waals surface area contributed by atoms with Crippen molar-refractivity contribution in [2.24, 2.45) is 0 Å². The second kappa shape index (κ2) is 7.57. The van der Waals surface area contributed by atoms with E-state index in [1.165, 1.54) is 18.4 Å². The van der Waals surface area contributed by atoms with Crippen LogP contribution in [0.15, 0.2) is 47.1 Å². The van der Waals surface area contributed by atoms with Gasteiger partial charge in [-0.2, -0.15) is 0 Å². The van der Waals surface area contributed by atoms with E-state index in [4.69, 9.17) is 18.6 Å². The Labute approximate surface area is 144 Å². The van der Waals surface area contributed by atoms with E-state index in [0.29, 0.717) is 17.3 Å². The Hall–Kier alpha value is -3.22. The fourth-order valence-electron chi connectivity index (χ4n) is 2.27. The van der Waals surface area contributed by atoms with Gasteiger partial charge in [0.1, 0.15) is 5.76 Å². The minimum Gasteiger partial charge on any atom is -0.465 e. The maximum atomic E-state index is 11.9. The van der Waals surface area contributed by atoms with Gasteiger partial charge in [0.2, 0.25) is 6.79 Å². The lowest BCUT2D eigenvalue weighted by Crippen LogP contribution is -2.30. The first-order valence-electron chi connectivity index (χ1n) is 7.69. The van der Waals surface area contributed by atoms with Crippen LogP contribution >= 0.6 is 0 Å². The van der Waals surface area contributed by atoms with E-state index in [2.05, 4.69) is 5.32 Å². The fourth-order valence-corrected chi connectivity index (χ4v) is 2.27. The monoisotopic (exact) mass is 343 g/mol. The number of rotatable bonds is 6. The Morgan fingerprint density at radius 1 is 1.28 bits per heavy atom. The normalized spacial score (nSPS) is 13.6. The molecule has 0 saturated heterocycles. The van der Waals surface area contributed by atoms with E-state index in [9.17, 15) is 9.59 Å². The standard InChI is InChI=1S/C18H17NO6/c1-12(13-4-6-15-16(9-13)25-11-24-15)19-17(20)10-23-18(21)7-5-14-3-2-8-22-14/h2-9,12H,10-11H2,1H3,(H,19,20)/b7-5+/t12-/m0/s1. The molecule has 2 heterocycles. The van der Waals surface area contributed by atoms with Gasteiger partial charge in [-0.1, -0.05) is 6.07 Å². The number of nitrogens with one attached hydrogen (secondary N) is 1. The number of fused-ring (bicyclic) bond motifs is 1. The van der Waals surface area contributed by atoms with Crippen LogP contribution in [0.1, 0.15) is 24.3 Å². The predicted octanol–water partition coefficient (Wildman–Crippen LogP) is 2.44. The van der Waals surface area contributed by atoms with Gasteiger partial charge in [-0.15, -0.1) is 0 Å². The van der Waals surface area contributed by atoms with Crippen LogP contribution in [-0.4, -0.2) is 25.3 Å². The largest absolute Gasteiger partial charge is 0.465 e. The number of benzene rings is 1. The van der Waals surface area contributed by atoms with Gasteiger partial charge in [0.15, 0.2) is 18.1 Å². The average molecular weight is 343 g/mol. The molecule has 2 aromatic rings. The summed E-state index contributed by atoms with van der Waals surface area (Å²) in [6, 6.07) is 8.58. The first-order valence-corrected chi connectivity index (χ1v) is 7.69. The molecule has 7 heteroatoms. The summed E-state index contributed by atoms with van der Waals surface area (Å²) < 4.78 is 20.5. The molecule has 1 aliphatic rings. The van der Waals surface area contributed by atoms with Crippen LogP contribution in [0.4, 0.5) is 0 Å². The molecule has 1 aromatic carbocycles. The molecule has 1 atom stereocenters. The summed E-state index contributed by atoms with van der Waals surface area (Å²) in [5, 5.41) is 2.76. The van der Waals surface area contributed by atoms with Crippen LogP contribution in [-0.2, 0) is 14.3 Å². The third-order valence-electron chi connectivity index (χ3n) is 3.55. The zero-order valence-corrected chi connectivity index (χ0v) is 13.6. The van der Waals surface area contributed by atoms with Crippen LogP contribution in [0.2, 0.25) is 0 Å². The number of hydrogen-bond acceptors (Lipinski definition) is 6. The lowest BCUT2D eigenvalue weighted by Gasteiger charge is -2.14. The van der Waals surface area contributed by atoms with Crippen LogP contribution in [0, 0.1) is 0 Å². The number of ether oxygens (including phenoxy) is 3. The molecule has 0 radical (unpaired) electrons. The van der Waals surface area contributed by atoms with Crippen LogP contribution in [0.5, 0.6) is 11.5 Å². The summed E-state index contributed by atoms with van der Waals surface area (Å²) in [5.74, 6) is 0.831. The van der Waals surface area contributed by atoms with Gasteiger partial charge in [-0.3, -0.25) is 4.79 Å². The number of carbonyl (C=O) groups excluding carboxylic acids is 2. The van der Waals surface area contributed by atoms with E-state index in [1.807, 2.05) is 19.1 Å². The van der Waals surface area contributed by atoms with Crippen molar-refractivity contribution in [2.45, 2.75) is 13.0 Å². The predicted molar refractivity (Wildman–Crippen MR) is 87.8 cm³/mol. The highest BCUT2D eigenvalue weighted by Crippen LogP contribution is 2.34. The quantitative estimate of drug-likeness (QED) is 0.640. The minimum atomic E-state index is -0.623. The Bertz CT molecular complexity index is 781. The van der Waals surface area contributed by atoms with Crippen molar-refractivity contribution < 1.29 is 28.2 Å². The second-order valence-electron chi connectivity index (χ2n) is 5.36. The summed E-state index contributed by atoms with van der Waals surface area (Å²) in [6.07, 6.45) is 4.17. The molecule has 0 unspecified atom stereocenters. The Morgan fingerprint density at radius 3 is 2.92 bits per heavy atom. The molecular weight excluding hydrogens is 326 g/mol. The third kappa shape index (κ3) is 4.41. The molecule has 1 N–H and O–H groups in total. The summed E-state index contributed by atoms with van der Waals surface area (Å²) in [7, 11) is 0. The summed E-state index contributed by atoms with van der Waals surface area (Å²) >= 11 is 0. The first kappa shape index (κ1) is 16.6. The minimum absolute atomic E-state index is 0.195. The Morgan fingerprint density at radius 2 is 2.12 bits per heavy atom. The van der Waals surface area contributed by atoms with E-state index >= 15 is 0 Å². The van der Waals surface area contributed by atoms with Gasteiger partial charge in [0.25, 0.3) is 5.91 Å². The molecule has 0 bridgehead atoms. The highest BCUT2D eigenvalue weighted by Gasteiger charge is 2.17. The molecule has 7 nitrogen and oxygen atoms in total. The van der Waals surface area contributed by atoms with Gasteiger partial charge < -0.3 is 23.9 Å². The number of amides is 1. The van der Waals surface area contributed by atoms with E-state index < -0.39 is 11.9 Å². The summed E-state index contributed by atoms with van der Waals surface area (Å²) in [5.41, 5.74) is 0.863. The molecule has 0 fully saturated rings. The number of furan rings is 1. The molecule has 0 spiro atoms. The van der Waals surface area contributed by atoms with Crippen molar-refractivity contribution in [1.82, 2.24) is 5.32 Å². The number of esters is 1. The van der Waals surface area contributed by atoms with Crippen molar-refractivity contribution in [3.8, 4) is 11.5 Å². The Balaban J connectivity index is 1.46. The van der Waals surface area contributed by atoms with Gasteiger partial charge in [-0.05, 0) is 42.8 Å². The average Bonchev–Trinajstić information content (AvgIpc) is 3.28. The molecule has 1 aromatic heterocycles. The molecule has 25 heavy (non-hydrogen) atoms. The highest BCUT2D eigenvalue weighted by atomic mass is 16.7. The van der Waals surface area contributed by atoms with Crippen molar-refractivity contribution in [2.75, 3.05) is 13.4 Å². The zero-order valence-electron chi connectivity index (χ0n) is 13.6. The molecule has 0 saturated carbocycles. The molecule has 1 aliphatic heterocycles. The Kier molecular flexibility index (Phi) is 5.03. The van der Waals surface area contributed by atoms with E-state index in [0.717, 1.165) is 5.56 Å². The van der Waals surface area contributed by atoms with Gasteiger partial charge >= 0.3 is 5.97 Å². The third-order valence-corrected chi connectivity index (χ3v) is 3.55. The first-order chi connectivity index (χ1) is 12.1. The van der Waals surface area contributed by atoms with Crippen LogP contribution in [0.3, 0.4) is 0 Å². The summed E-state index contributed by atoms with van der Waals surface area (Å²) in [4.78, 5) is 23.5. The van der Waals surface area contributed by atoms with E-state index in [-0.39, 0.29) is 19.4 Å². The maximum absolute atomic E-state index is 11.9. The molecule has 1 amide bonds. The molecular formula is C18H17NO6. The van der Waals surface area contributed by atoms with Gasteiger partial charge in [0.05, 0.1) is 12.3 Å². The molecule has 130 valence electrons. The van der Waals surface area contributed by atoms with Crippen LogP contribution in [0.25, 0.3) is 6.08 Å². The molecule has 0 aliphatic carbocycles. The SMILES string of the molecule is C[C@H](NC(=O)COC(=O)/C=C/c1ccco1)c1ccc2c(c1)OCO2.